The second-order valence-electron chi connectivity index (χ2n) is 6.35. The number of aromatic nitrogens is 4. The Morgan fingerprint density at radius 1 is 1.37 bits per heavy atom. The van der Waals surface area contributed by atoms with Crippen molar-refractivity contribution in [1.29, 1.82) is 0 Å². The maximum Gasteiger partial charge on any atom is 0.504 e. The number of nitrogens with one attached hydrogen (secondary N) is 1. The number of hydrogen-bond donors (Lipinski definition) is 1. The molecule has 8 nitrogen and oxygen atoms in total. The Morgan fingerprint density at radius 3 is 2.89 bits per heavy atom. The molecule has 2 aliphatic rings. The summed E-state index contributed by atoms with van der Waals surface area (Å²) in [7, 11) is 0. The Morgan fingerprint density at radius 2 is 2.19 bits per heavy atom. The molecule has 0 saturated heterocycles. The lowest BCUT2D eigenvalue weighted by molar-refractivity contribution is -0.212. The molecule has 27 heavy (non-hydrogen) atoms. The van der Waals surface area contributed by atoms with Crippen molar-refractivity contribution in [2.75, 3.05) is 6.54 Å². The molecule has 0 radical (unpaired) electrons. The molecule has 0 bridgehead atoms. The Labute approximate surface area is 151 Å². The molecule has 0 aromatic carbocycles. The maximum atomic E-state index is 12.9. The van der Waals surface area contributed by atoms with Crippen molar-refractivity contribution in [3.63, 3.8) is 0 Å². The van der Waals surface area contributed by atoms with E-state index in [1.807, 2.05) is 6.92 Å². The molecule has 2 aromatic heterocycles. The van der Waals surface area contributed by atoms with Gasteiger partial charge in [0, 0.05) is 19.2 Å². The highest BCUT2D eigenvalue weighted by Gasteiger charge is 2.38. The summed E-state index contributed by atoms with van der Waals surface area (Å²) >= 11 is 0. The van der Waals surface area contributed by atoms with Gasteiger partial charge in [-0.1, -0.05) is 6.92 Å². The smallest absolute Gasteiger partial charge is 0.347 e. The summed E-state index contributed by atoms with van der Waals surface area (Å²) in [5.41, 5.74) is 2.40. The van der Waals surface area contributed by atoms with Crippen LogP contribution in [0.5, 0.6) is 0 Å². The molecule has 1 N–H and O–H groups in total. The monoisotopic (exact) mass is 379 g/mol. The van der Waals surface area contributed by atoms with Gasteiger partial charge in [-0.25, -0.2) is 4.98 Å². The number of fused-ring (bicyclic) bond motifs is 1. The van der Waals surface area contributed by atoms with E-state index in [0.717, 1.165) is 17.6 Å². The molecule has 1 unspecified atom stereocenters. The molecule has 1 atom stereocenters. The van der Waals surface area contributed by atoms with Crippen LogP contribution in [0, 0.1) is 5.92 Å². The topological polar surface area (TPSA) is 91.5 Å². The van der Waals surface area contributed by atoms with Gasteiger partial charge in [0.05, 0.1) is 35.9 Å². The Balaban J connectivity index is 1.53. The van der Waals surface area contributed by atoms with Gasteiger partial charge in [0.25, 0.3) is 5.91 Å². The summed E-state index contributed by atoms with van der Waals surface area (Å²) in [4.78, 5) is 21.8. The van der Waals surface area contributed by atoms with Crippen LogP contribution < -0.4 is 0 Å². The van der Waals surface area contributed by atoms with Gasteiger partial charge in [0.2, 0.25) is 0 Å². The van der Waals surface area contributed by atoms with E-state index in [4.69, 9.17) is 0 Å². The largest absolute Gasteiger partial charge is 0.504 e. The SMILES string of the molecule is CCC1C(C(=O)N2CCc3nc[nH]c3C2)=NN=C1c1ccn(C(F)(F)F)n1. The molecule has 0 aliphatic carbocycles. The van der Waals surface area contributed by atoms with E-state index in [0.29, 0.717) is 25.9 Å². The molecule has 142 valence electrons. The zero-order chi connectivity index (χ0) is 19.2. The molecule has 2 aliphatic heterocycles. The summed E-state index contributed by atoms with van der Waals surface area (Å²) in [6.07, 6.45) is -1.06. The molecular formula is C16H16F3N7O. The zero-order valence-corrected chi connectivity index (χ0v) is 14.4. The molecule has 2 aromatic rings. The Bertz CT molecular complexity index is 940. The molecule has 4 rings (SSSR count). The summed E-state index contributed by atoms with van der Waals surface area (Å²) in [5.74, 6) is -0.756. The summed E-state index contributed by atoms with van der Waals surface area (Å²) in [6, 6.07) is 1.23. The van der Waals surface area contributed by atoms with Gasteiger partial charge < -0.3 is 9.88 Å². The molecule has 0 fully saturated rings. The maximum absolute atomic E-state index is 12.9. The average Bonchev–Trinajstić information content (AvgIpc) is 3.36. The Hall–Kier alpha value is -2.98. The van der Waals surface area contributed by atoms with Gasteiger partial charge in [-0.05, 0) is 12.5 Å². The molecule has 1 amide bonds. The quantitative estimate of drug-likeness (QED) is 0.882. The number of amides is 1. The first-order valence-corrected chi connectivity index (χ1v) is 8.47. The van der Waals surface area contributed by atoms with Crippen LogP contribution in [0.4, 0.5) is 13.2 Å². The first-order valence-electron chi connectivity index (χ1n) is 8.47. The predicted molar refractivity (Wildman–Crippen MR) is 89.0 cm³/mol. The van der Waals surface area contributed by atoms with Crippen molar-refractivity contribution in [2.45, 2.75) is 32.6 Å². The average molecular weight is 379 g/mol. The first-order chi connectivity index (χ1) is 12.9. The van der Waals surface area contributed by atoms with Crippen LogP contribution >= 0.6 is 0 Å². The van der Waals surface area contributed by atoms with E-state index in [2.05, 4.69) is 25.3 Å². The molecule has 11 heteroatoms. The third-order valence-corrected chi connectivity index (χ3v) is 4.73. The molecule has 0 spiro atoms. The minimum atomic E-state index is -4.60. The van der Waals surface area contributed by atoms with Crippen molar-refractivity contribution in [2.24, 2.45) is 16.1 Å². The van der Waals surface area contributed by atoms with E-state index in [9.17, 15) is 18.0 Å². The molecular weight excluding hydrogens is 363 g/mol. The van der Waals surface area contributed by atoms with Gasteiger partial charge in [-0.15, -0.1) is 18.3 Å². The number of carbonyl (C=O) groups is 1. The number of carbonyl (C=O) groups excluding carboxylic acids is 1. The van der Waals surface area contributed by atoms with Gasteiger partial charge in [-0.3, -0.25) is 4.79 Å². The van der Waals surface area contributed by atoms with Crippen LogP contribution in [0.15, 0.2) is 28.8 Å². The fourth-order valence-electron chi connectivity index (χ4n) is 3.33. The lowest BCUT2D eigenvalue weighted by atomic mass is 9.92. The van der Waals surface area contributed by atoms with Crippen LogP contribution in [0.2, 0.25) is 0 Å². The van der Waals surface area contributed by atoms with E-state index >= 15 is 0 Å². The second kappa shape index (κ2) is 6.32. The lowest BCUT2D eigenvalue weighted by Gasteiger charge is -2.27. The van der Waals surface area contributed by atoms with Crippen LogP contribution in [-0.2, 0) is 24.1 Å². The number of aromatic amines is 1. The number of H-pyrrole nitrogens is 1. The summed E-state index contributed by atoms with van der Waals surface area (Å²) in [6.45, 7) is 2.73. The van der Waals surface area contributed by atoms with Gasteiger partial charge in [0.15, 0.2) is 0 Å². The highest BCUT2D eigenvalue weighted by atomic mass is 19.4. The highest BCUT2D eigenvalue weighted by Crippen LogP contribution is 2.26. The third kappa shape index (κ3) is 3.02. The van der Waals surface area contributed by atoms with E-state index in [-0.39, 0.29) is 27.7 Å². The number of imidazole rings is 1. The van der Waals surface area contributed by atoms with E-state index in [1.165, 1.54) is 6.07 Å². The fraction of sp³-hybridized carbons (Fsp3) is 0.438. The summed E-state index contributed by atoms with van der Waals surface area (Å²) in [5, 5.41) is 11.5. The normalized spacial score (nSPS) is 19.7. The second-order valence-corrected chi connectivity index (χ2v) is 6.35. The number of rotatable bonds is 3. The number of halogens is 3. The predicted octanol–water partition coefficient (Wildman–Crippen LogP) is 1.85. The molecule has 0 saturated carbocycles. The highest BCUT2D eigenvalue weighted by molar-refractivity contribution is 6.45. The van der Waals surface area contributed by atoms with Crippen LogP contribution in [0.25, 0.3) is 0 Å². The first kappa shape index (κ1) is 17.4. The third-order valence-electron chi connectivity index (χ3n) is 4.73. The number of alkyl halides is 3. The lowest BCUT2D eigenvalue weighted by Crippen LogP contribution is -2.43. The van der Waals surface area contributed by atoms with Crippen LogP contribution in [0.3, 0.4) is 0 Å². The minimum absolute atomic E-state index is 0.0697. The van der Waals surface area contributed by atoms with Gasteiger partial charge >= 0.3 is 6.30 Å². The standard InChI is InChI=1S/C16H16F3N7O/c1-2-9-13(11-4-6-26(24-11)16(17,18)19)22-23-14(9)15(27)25-5-3-10-12(7-25)21-8-20-10/h4,6,8-9H,2-3,5,7H2,1H3,(H,20,21). The number of hydrogen-bond acceptors (Lipinski definition) is 5. The van der Waals surface area contributed by atoms with E-state index < -0.39 is 12.2 Å². The zero-order valence-electron chi connectivity index (χ0n) is 14.4. The Kier molecular flexibility index (Phi) is 4.08. The molecule has 4 heterocycles. The van der Waals surface area contributed by atoms with Crippen LogP contribution in [0.1, 0.15) is 30.4 Å². The van der Waals surface area contributed by atoms with Gasteiger partial charge in [-0.2, -0.15) is 14.9 Å². The summed E-state index contributed by atoms with van der Waals surface area (Å²) < 4.78 is 38.2. The van der Waals surface area contributed by atoms with Crippen molar-refractivity contribution in [3.8, 4) is 0 Å². The van der Waals surface area contributed by atoms with Gasteiger partial charge in [0.1, 0.15) is 11.4 Å². The minimum Gasteiger partial charge on any atom is -0.347 e. The van der Waals surface area contributed by atoms with Crippen molar-refractivity contribution in [3.05, 3.63) is 35.7 Å². The van der Waals surface area contributed by atoms with Crippen molar-refractivity contribution < 1.29 is 18.0 Å². The van der Waals surface area contributed by atoms with Crippen molar-refractivity contribution >= 4 is 17.3 Å². The number of nitrogens with zero attached hydrogens (tertiary/aromatic N) is 6. The van der Waals surface area contributed by atoms with Crippen molar-refractivity contribution in [1.82, 2.24) is 24.6 Å². The van der Waals surface area contributed by atoms with E-state index in [1.54, 1.807) is 11.2 Å². The fourth-order valence-corrected chi connectivity index (χ4v) is 3.33. The van der Waals surface area contributed by atoms with Crippen LogP contribution in [-0.4, -0.2) is 48.5 Å².